The van der Waals surface area contributed by atoms with Gasteiger partial charge in [-0.2, -0.15) is 4.31 Å². The smallest absolute Gasteiger partial charge is 0.246 e. The van der Waals surface area contributed by atoms with E-state index in [0.717, 1.165) is 25.8 Å². The molecule has 114 valence electrons. The molecule has 0 saturated heterocycles. The van der Waals surface area contributed by atoms with Crippen LogP contribution in [0.4, 0.5) is 5.69 Å². The minimum Gasteiger partial charge on any atom is -0.384 e. The van der Waals surface area contributed by atoms with Crippen LogP contribution in [0.15, 0.2) is 23.4 Å². The van der Waals surface area contributed by atoms with Gasteiger partial charge in [0.15, 0.2) is 0 Å². The molecule has 0 bridgehead atoms. The van der Waals surface area contributed by atoms with Crippen molar-refractivity contribution in [2.24, 2.45) is 0 Å². The van der Waals surface area contributed by atoms with Crippen molar-refractivity contribution in [3.8, 4) is 0 Å². The van der Waals surface area contributed by atoms with Crippen LogP contribution in [-0.4, -0.2) is 37.3 Å². The van der Waals surface area contributed by atoms with Crippen molar-refractivity contribution in [3.05, 3.63) is 18.5 Å². The lowest BCUT2D eigenvalue weighted by molar-refractivity contribution is 0.410. The molecule has 5 nitrogen and oxygen atoms in total. The van der Waals surface area contributed by atoms with Crippen LogP contribution in [0.2, 0.25) is 0 Å². The lowest BCUT2D eigenvalue weighted by Gasteiger charge is -2.22. The molecule has 0 aromatic carbocycles. The molecule has 0 radical (unpaired) electrons. The van der Waals surface area contributed by atoms with Crippen molar-refractivity contribution in [1.82, 2.24) is 9.29 Å². The van der Waals surface area contributed by atoms with Gasteiger partial charge < -0.3 is 5.32 Å². The van der Waals surface area contributed by atoms with Gasteiger partial charge in [0.25, 0.3) is 0 Å². The number of hydrogen-bond donors (Lipinski definition) is 1. The van der Waals surface area contributed by atoms with Gasteiger partial charge in [-0.15, -0.1) is 0 Å². The Kier molecular flexibility index (Phi) is 6.95. The molecule has 0 saturated carbocycles. The molecule has 1 aromatic heterocycles. The Labute approximate surface area is 122 Å². The fourth-order valence-corrected chi connectivity index (χ4v) is 3.72. The van der Waals surface area contributed by atoms with Crippen molar-refractivity contribution in [3.63, 3.8) is 0 Å². The molecule has 0 atom stereocenters. The zero-order chi connectivity index (χ0) is 15.0. The monoisotopic (exact) mass is 299 g/mol. The lowest BCUT2D eigenvalue weighted by atomic mass is 10.4. The Balaban J connectivity index is 3.12. The zero-order valence-corrected chi connectivity index (χ0v) is 13.4. The maximum atomic E-state index is 12.7. The highest BCUT2D eigenvalue weighted by Gasteiger charge is 2.26. The Morgan fingerprint density at radius 3 is 2.35 bits per heavy atom. The van der Waals surface area contributed by atoms with E-state index in [-0.39, 0.29) is 4.90 Å². The molecular weight excluding hydrogens is 274 g/mol. The summed E-state index contributed by atoms with van der Waals surface area (Å²) in [5.74, 6) is 0. The number of nitrogens with zero attached hydrogens (tertiary/aromatic N) is 2. The van der Waals surface area contributed by atoms with Gasteiger partial charge in [0, 0.05) is 32.0 Å². The fourth-order valence-electron chi connectivity index (χ4n) is 1.98. The van der Waals surface area contributed by atoms with Crippen molar-refractivity contribution >= 4 is 15.7 Å². The average molecular weight is 299 g/mol. The fraction of sp³-hybridized carbons (Fsp3) is 0.643. The first-order chi connectivity index (χ1) is 9.57. The quantitative estimate of drug-likeness (QED) is 0.761. The minimum absolute atomic E-state index is 0.273. The second kappa shape index (κ2) is 8.21. The molecule has 0 aliphatic heterocycles. The van der Waals surface area contributed by atoms with E-state index in [4.69, 9.17) is 0 Å². The summed E-state index contributed by atoms with van der Waals surface area (Å²) in [6.07, 6.45) is 5.59. The van der Waals surface area contributed by atoms with E-state index in [1.54, 1.807) is 16.6 Å². The lowest BCUT2D eigenvalue weighted by Crippen LogP contribution is -2.33. The van der Waals surface area contributed by atoms with Crippen LogP contribution in [0.5, 0.6) is 0 Å². The molecule has 0 aliphatic rings. The highest BCUT2D eigenvalue weighted by molar-refractivity contribution is 7.89. The topological polar surface area (TPSA) is 62.3 Å². The summed E-state index contributed by atoms with van der Waals surface area (Å²) in [4.78, 5) is 4.25. The molecule has 1 heterocycles. The molecule has 1 N–H and O–H groups in total. The summed E-state index contributed by atoms with van der Waals surface area (Å²) < 4.78 is 27.0. The van der Waals surface area contributed by atoms with Crippen LogP contribution in [0.3, 0.4) is 0 Å². The van der Waals surface area contributed by atoms with Crippen molar-refractivity contribution in [1.29, 1.82) is 0 Å². The predicted octanol–water partition coefficient (Wildman–Crippen LogP) is 2.71. The molecule has 0 spiro atoms. The predicted molar refractivity (Wildman–Crippen MR) is 82.4 cm³/mol. The molecule has 20 heavy (non-hydrogen) atoms. The number of sulfonamides is 1. The molecule has 1 rings (SSSR count). The van der Waals surface area contributed by atoms with Gasteiger partial charge in [0.2, 0.25) is 10.0 Å². The third-order valence-corrected chi connectivity index (χ3v) is 4.84. The molecular formula is C14H25N3O2S. The number of anilines is 1. The summed E-state index contributed by atoms with van der Waals surface area (Å²) in [6, 6.07) is 1.72. The maximum Gasteiger partial charge on any atom is 0.246 e. The normalized spacial score (nSPS) is 11.8. The SMILES string of the molecule is CCCNc1ccncc1S(=O)(=O)N(CCC)CCC. The summed E-state index contributed by atoms with van der Waals surface area (Å²) in [6.45, 7) is 7.84. The molecule has 0 unspecified atom stereocenters. The summed E-state index contributed by atoms with van der Waals surface area (Å²) >= 11 is 0. The van der Waals surface area contributed by atoms with Crippen LogP contribution in [-0.2, 0) is 10.0 Å². The molecule has 0 amide bonds. The van der Waals surface area contributed by atoms with Gasteiger partial charge in [-0.1, -0.05) is 20.8 Å². The zero-order valence-electron chi connectivity index (χ0n) is 12.6. The van der Waals surface area contributed by atoms with Crippen LogP contribution < -0.4 is 5.32 Å². The van der Waals surface area contributed by atoms with Gasteiger partial charge >= 0.3 is 0 Å². The number of aromatic nitrogens is 1. The van der Waals surface area contributed by atoms with Crippen molar-refractivity contribution < 1.29 is 8.42 Å². The van der Waals surface area contributed by atoms with Gasteiger partial charge in [-0.25, -0.2) is 8.42 Å². The standard InChI is InChI=1S/C14H25N3O2S/c1-4-8-16-13-7-9-15-12-14(13)20(18,19)17(10-5-2)11-6-3/h7,9,12H,4-6,8,10-11H2,1-3H3,(H,15,16). The number of nitrogens with one attached hydrogen (secondary N) is 1. The summed E-state index contributed by atoms with van der Waals surface area (Å²) in [5, 5.41) is 3.16. The Morgan fingerprint density at radius 2 is 1.80 bits per heavy atom. The average Bonchev–Trinajstić information content (AvgIpc) is 2.45. The Bertz CT molecular complexity index is 497. The summed E-state index contributed by atoms with van der Waals surface area (Å²) in [5.41, 5.74) is 0.638. The first-order valence-corrected chi connectivity index (χ1v) is 8.69. The minimum atomic E-state index is -3.48. The highest BCUT2D eigenvalue weighted by Crippen LogP contribution is 2.23. The first-order valence-electron chi connectivity index (χ1n) is 7.25. The molecule has 6 heteroatoms. The van der Waals surface area contributed by atoms with Gasteiger partial charge in [0.1, 0.15) is 4.90 Å². The summed E-state index contributed by atoms with van der Waals surface area (Å²) in [7, 11) is -3.48. The number of hydrogen-bond acceptors (Lipinski definition) is 4. The number of pyridine rings is 1. The Morgan fingerprint density at radius 1 is 1.15 bits per heavy atom. The second-order valence-corrected chi connectivity index (χ2v) is 6.61. The Hall–Kier alpha value is -1.14. The molecule has 1 aromatic rings. The van der Waals surface area contributed by atoms with E-state index in [2.05, 4.69) is 10.3 Å². The van der Waals surface area contributed by atoms with E-state index in [1.807, 2.05) is 20.8 Å². The van der Waals surface area contributed by atoms with Crippen LogP contribution in [0.25, 0.3) is 0 Å². The largest absolute Gasteiger partial charge is 0.384 e. The van der Waals surface area contributed by atoms with E-state index in [0.29, 0.717) is 18.8 Å². The molecule has 0 fully saturated rings. The van der Waals surface area contributed by atoms with Crippen molar-refractivity contribution in [2.45, 2.75) is 44.9 Å². The van der Waals surface area contributed by atoms with Crippen LogP contribution in [0.1, 0.15) is 40.0 Å². The van der Waals surface area contributed by atoms with Crippen LogP contribution in [0, 0.1) is 0 Å². The van der Waals surface area contributed by atoms with E-state index < -0.39 is 10.0 Å². The highest BCUT2D eigenvalue weighted by atomic mass is 32.2. The third-order valence-electron chi connectivity index (χ3n) is 2.91. The first kappa shape index (κ1) is 16.9. The van der Waals surface area contributed by atoms with Crippen molar-refractivity contribution in [2.75, 3.05) is 25.0 Å². The van der Waals surface area contributed by atoms with Gasteiger partial charge in [-0.05, 0) is 25.3 Å². The van der Waals surface area contributed by atoms with Gasteiger partial charge in [-0.3, -0.25) is 4.98 Å². The van der Waals surface area contributed by atoms with Crippen LogP contribution >= 0.6 is 0 Å². The second-order valence-electron chi connectivity index (χ2n) is 4.70. The third kappa shape index (κ3) is 4.18. The maximum absolute atomic E-state index is 12.7. The van der Waals surface area contributed by atoms with Gasteiger partial charge in [0.05, 0.1) is 5.69 Å². The van der Waals surface area contributed by atoms with E-state index in [1.165, 1.54) is 6.20 Å². The molecule has 0 aliphatic carbocycles. The van der Waals surface area contributed by atoms with E-state index >= 15 is 0 Å². The number of rotatable bonds is 9. The van der Waals surface area contributed by atoms with E-state index in [9.17, 15) is 8.42 Å².